The van der Waals surface area contributed by atoms with E-state index in [9.17, 15) is 13.6 Å². The maximum absolute atomic E-state index is 12.8. The molecule has 0 aliphatic carbocycles. The van der Waals surface area contributed by atoms with E-state index in [1.54, 1.807) is 6.92 Å². The molecule has 0 bridgehead atoms. The number of hydrogen-bond donors (Lipinski definition) is 0. The Labute approximate surface area is 111 Å². The number of methoxy groups -OCH3 is 1. The normalized spacial score (nSPS) is 10.6. The molecule has 0 N–H and O–H groups in total. The van der Waals surface area contributed by atoms with Crippen molar-refractivity contribution < 1.29 is 23.0 Å². The van der Waals surface area contributed by atoms with Gasteiger partial charge in [-0.25, -0.2) is 13.8 Å². The molecule has 0 atom stereocenters. The van der Waals surface area contributed by atoms with Crippen molar-refractivity contribution in [2.24, 2.45) is 0 Å². The third-order valence-corrected chi connectivity index (χ3v) is 2.50. The average molecular weight is 324 g/mol. The second-order valence-electron chi connectivity index (χ2n) is 3.30. The van der Waals surface area contributed by atoms with E-state index >= 15 is 0 Å². The number of carbonyl (C=O) groups is 1. The predicted molar refractivity (Wildman–Crippen MR) is 63.8 cm³/mol. The number of hydrogen-bond acceptors (Lipinski definition) is 4. The molecule has 4 nitrogen and oxygen atoms in total. The van der Waals surface area contributed by atoms with Crippen molar-refractivity contribution in [2.45, 2.75) is 19.8 Å². The summed E-state index contributed by atoms with van der Waals surface area (Å²) in [4.78, 5) is 15.3. The molecule has 0 saturated heterocycles. The van der Waals surface area contributed by atoms with Gasteiger partial charge in [0.2, 0.25) is 0 Å². The summed E-state index contributed by atoms with van der Waals surface area (Å²) < 4.78 is 35.5. The summed E-state index contributed by atoms with van der Waals surface area (Å²) in [5.74, 6) is -0.622. The Morgan fingerprint density at radius 2 is 2.22 bits per heavy atom. The van der Waals surface area contributed by atoms with Gasteiger partial charge in [-0.2, -0.15) is 0 Å². The molecule has 18 heavy (non-hydrogen) atoms. The number of carbonyl (C=O) groups excluding carboxylic acids is 1. The van der Waals surface area contributed by atoms with Crippen molar-refractivity contribution in [1.82, 2.24) is 4.98 Å². The van der Waals surface area contributed by atoms with E-state index in [-0.39, 0.29) is 34.6 Å². The van der Waals surface area contributed by atoms with E-state index in [0.29, 0.717) is 0 Å². The number of pyridine rings is 1. The Kier molecular flexibility index (Phi) is 5.46. The minimum absolute atomic E-state index is 0.0822. The zero-order valence-corrected chi connectivity index (χ0v) is 11.5. The van der Waals surface area contributed by atoms with Crippen LogP contribution in [0, 0.1) is 0 Å². The van der Waals surface area contributed by atoms with Crippen LogP contribution in [0.1, 0.15) is 24.6 Å². The number of alkyl halides is 2. The highest BCUT2D eigenvalue weighted by Gasteiger charge is 2.21. The van der Waals surface area contributed by atoms with Gasteiger partial charge < -0.3 is 9.47 Å². The van der Waals surface area contributed by atoms with Crippen LogP contribution in [0.3, 0.4) is 0 Å². The lowest BCUT2D eigenvalue weighted by Gasteiger charge is -2.12. The fourth-order valence-corrected chi connectivity index (χ4v) is 1.90. The number of ether oxygens (including phenoxy) is 2. The molecule has 0 unspecified atom stereocenters. The van der Waals surface area contributed by atoms with E-state index in [4.69, 9.17) is 9.47 Å². The van der Waals surface area contributed by atoms with Crippen LogP contribution in [0.4, 0.5) is 8.78 Å². The van der Waals surface area contributed by atoms with Gasteiger partial charge in [0.1, 0.15) is 10.4 Å². The minimum Gasteiger partial charge on any atom is -0.494 e. The Bertz CT molecular complexity index is 441. The molecular weight excluding hydrogens is 312 g/mol. The second-order valence-corrected chi connectivity index (χ2v) is 4.11. The molecule has 100 valence electrons. The quantitative estimate of drug-likeness (QED) is 0.617. The topological polar surface area (TPSA) is 48.4 Å². The standard InChI is InChI=1S/C11H12BrF2NO3/c1-3-18-9(16)5-7-10(17-2)6(11(13)14)4-8(12)15-7/h4,11H,3,5H2,1-2H3. The highest BCUT2D eigenvalue weighted by molar-refractivity contribution is 9.10. The van der Waals surface area contributed by atoms with Gasteiger partial charge in [0.05, 0.1) is 31.4 Å². The predicted octanol–water partition coefficient (Wildman–Crippen LogP) is 2.90. The van der Waals surface area contributed by atoms with Crippen LogP contribution >= 0.6 is 15.9 Å². The van der Waals surface area contributed by atoms with Crippen LogP contribution in [-0.2, 0) is 16.0 Å². The first-order valence-corrected chi connectivity index (χ1v) is 5.96. The lowest BCUT2D eigenvalue weighted by Crippen LogP contribution is -2.11. The highest BCUT2D eigenvalue weighted by Crippen LogP contribution is 2.33. The first-order valence-electron chi connectivity index (χ1n) is 5.16. The van der Waals surface area contributed by atoms with Crippen molar-refractivity contribution in [1.29, 1.82) is 0 Å². The van der Waals surface area contributed by atoms with E-state index in [1.807, 2.05) is 0 Å². The molecular formula is C11H12BrF2NO3. The maximum atomic E-state index is 12.8. The summed E-state index contributed by atoms with van der Waals surface area (Å²) >= 11 is 3.02. The van der Waals surface area contributed by atoms with Crippen LogP contribution in [0.15, 0.2) is 10.7 Å². The van der Waals surface area contributed by atoms with Crippen LogP contribution in [0.2, 0.25) is 0 Å². The second kappa shape index (κ2) is 6.63. The molecule has 0 fully saturated rings. The van der Waals surface area contributed by atoms with Gasteiger partial charge in [0, 0.05) is 0 Å². The summed E-state index contributed by atoms with van der Waals surface area (Å²) in [6, 6.07) is 1.16. The third-order valence-electron chi connectivity index (χ3n) is 2.10. The van der Waals surface area contributed by atoms with Gasteiger partial charge in [-0.3, -0.25) is 4.79 Å². The van der Waals surface area contributed by atoms with Crippen LogP contribution < -0.4 is 4.74 Å². The van der Waals surface area contributed by atoms with E-state index in [1.165, 1.54) is 7.11 Å². The van der Waals surface area contributed by atoms with Crippen molar-refractivity contribution in [3.63, 3.8) is 0 Å². The molecule has 0 aromatic carbocycles. The first kappa shape index (κ1) is 14.8. The van der Waals surface area contributed by atoms with Crippen molar-refractivity contribution in [2.75, 3.05) is 13.7 Å². The summed E-state index contributed by atoms with van der Waals surface area (Å²) in [7, 11) is 1.26. The maximum Gasteiger partial charge on any atom is 0.312 e. The van der Waals surface area contributed by atoms with Gasteiger partial charge in [-0.15, -0.1) is 0 Å². The molecule has 1 aromatic heterocycles. The molecule has 1 aromatic rings. The van der Waals surface area contributed by atoms with Gasteiger partial charge in [-0.1, -0.05) is 0 Å². The molecule has 0 saturated carbocycles. The van der Waals surface area contributed by atoms with Crippen LogP contribution in [-0.4, -0.2) is 24.7 Å². The zero-order valence-electron chi connectivity index (χ0n) is 9.87. The average Bonchev–Trinajstić information content (AvgIpc) is 2.28. The summed E-state index contributed by atoms with van der Waals surface area (Å²) in [6.07, 6.45) is -2.92. The molecule has 1 rings (SSSR count). The Morgan fingerprint density at radius 1 is 1.56 bits per heavy atom. The van der Waals surface area contributed by atoms with Gasteiger partial charge >= 0.3 is 5.97 Å². The van der Waals surface area contributed by atoms with E-state index < -0.39 is 12.4 Å². The van der Waals surface area contributed by atoms with Crippen molar-refractivity contribution >= 4 is 21.9 Å². The minimum atomic E-state index is -2.71. The highest BCUT2D eigenvalue weighted by atomic mass is 79.9. The van der Waals surface area contributed by atoms with Crippen LogP contribution in [0.5, 0.6) is 5.75 Å². The Hall–Kier alpha value is -1.24. The number of esters is 1. The molecule has 0 aliphatic rings. The molecule has 7 heteroatoms. The van der Waals surface area contributed by atoms with E-state index in [0.717, 1.165) is 6.07 Å². The summed E-state index contributed by atoms with van der Waals surface area (Å²) in [5, 5.41) is 0. The Morgan fingerprint density at radius 3 is 2.72 bits per heavy atom. The lowest BCUT2D eigenvalue weighted by atomic mass is 10.1. The van der Waals surface area contributed by atoms with Crippen LogP contribution in [0.25, 0.3) is 0 Å². The number of rotatable bonds is 5. The smallest absolute Gasteiger partial charge is 0.312 e. The third kappa shape index (κ3) is 3.63. The molecule has 0 spiro atoms. The number of halogens is 3. The SMILES string of the molecule is CCOC(=O)Cc1nc(Br)cc(C(F)F)c1OC. The van der Waals surface area contributed by atoms with Crippen molar-refractivity contribution in [3.8, 4) is 5.75 Å². The fraction of sp³-hybridized carbons (Fsp3) is 0.455. The van der Waals surface area contributed by atoms with Gasteiger partial charge in [-0.05, 0) is 28.9 Å². The van der Waals surface area contributed by atoms with Gasteiger partial charge in [0.15, 0.2) is 0 Å². The number of aromatic nitrogens is 1. The Balaban J connectivity index is 3.13. The van der Waals surface area contributed by atoms with Gasteiger partial charge in [0.25, 0.3) is 6.43 Å². The first-order chi connectivity index (χ1) is 8.49. The lowest BCUT2D eigenvalue weighted by molar-refractivity contribution is -0.142. The fourth-order valence-electron chi connectivity index (χ4n) is 1.44. The molecule has 0 amide bonds. The van der Waals surface area contributed by atoms with Crippen molar-refractivity contribution in [3.05, 3.63) is 21.9 Å². The zero-order chi connectivity index (χ0) is 13.7. The molecule has 0 aliphatic heterocycles. The largest absolute Gasteiger partial charge is 0.494 e. The molecule has 0 radical (unpaired) electrons. The summed E-state index contributed by atoms with van der Waals surface area (Å²) in [5.41, 5.74) is -0.181. The number of nitrogens with zero attached hydrogens (tertiary/aromatic N) is 1. The monoisotopic (exact) mass is 323 g/mol. The van der Waals surface area contributed by atoms with E-state index in [2.05, 4.69) is 20.9 Å². The molecule has 1 heterocycles. The summed E-state index contributed by atoms with van der Waals surface area (Å²) in [6.45, 7) is 1.88.